The van der Waals surface area contributed by atoms with Gasteiger partial charge in [-0.2, -0.15) is 0 Å². The van der Waals surface area contributed by atoms with Gasteiger partial charge in [-0.25, -0.2) is 0 Å². The molecular formula is C16H26N2O. The Bertz CT molecular complexity index is 392. The molecule has 19 heavy (non-hydrogen) atoms. The predicted molar refractivity (Wildman–Crippen MR) is 80.5 cm³/mol. The van der Waals surface area contributed by atoms with Crippen LogP contribution in [0.1, 0.15) is 38.7 Å². The fourth-order valence-corrected chi connectivity index (χ4v) is 2.76. The van der Waals surface area contributed by atoms with E-state index in [2.05, 4.69) is 48.3 Å². The van der Waals surface area contributed by atoms with Crippen LogP contribution in [0.3, 0.4) is 0 Å². The van der Waals surface area contributed by atoms with Gasteiger partial charge in [-0.05, 0) is 30.9 Å². The van der Waals surface area contributed by atoms with E-state index in [-0.39, 0.29) is 12.6 Å². The lowest BCUT2D eigenvalue weighted by Gasteiger charge is -2.37. The summed E-state index contributed by atoms with van der Waals surface area (Å²) in [6, 6.07) is 9.34. The van der Waals surface area contributed by atoms with Crippen molar-refractivity contribution >= 4 is 5.69 Å². The summed E-state index contributed by atoms with van der Waals surface area (Å²) < 4.78 is 0. The van der Waals surface area contributed by atoms with Gasteiger partial charge in [0.05, 0.1) is 12.6 Å². The molecule has 0 spiro atoms. The summed E-state index contributed by atoms with van der Waals surface area (Å²) in [4.78, 5) is 2.39. The molecule has 1 aliphatic rings. The third-order valence-corrected chi connectivity index (χ3v) is 3.84. The third kappa shape index (κ3) is 3.71. The highest BCUT2D eigenvalue weighted by molar-refractivity contribution is 5.54. The molecule has 1 unspecified atom stereocenters. The Morgan fingerprint density at radius 1 is 1.32 bits per heavy atom. The monoisotopic (exact) mass is 262 g/mol. The minimum absolute atomic E-state index is 0.256. The number of aliphatic hydroxyl groups is 1. The SMILES string of the molecule is CC(C)NCc1ccccc1N1CCCCC1CO. The number of benzene rings is 1. The van der Waals surface area contributed by atoms with E-state index in [9.17, 15) is 5.11 Å². The molecule has 2 N–H and O–H groups in total. The fraction of sp³-hybridized carbons (Fsp3) is 0.625. The van der Waals surface area contributed by atoms with E-state index in [0.29, 0.717) is 6.04 Å². The lowest BCUT2D eigenvalue weighted by molar-refractivity contribution is 0.240. The van der Waals surface area contributed by atoms with Gasteiger partial charge in [0.2, 0.25) is 0 Å². The number of nitrogens with zero attached hydrogens (tertiary/aromatic N) is 1. The van der Waals surface area contributed by atoms with Crippen LogP contribution in [0.25, 0.3) is 0 Å². The first-order chi connectivity index (χ1) is 9.22. The number of hydrogen-bond donors (Lipinski definition) is 2. The predicted octanol–water partition coefficient (Wildman–Crippen LogP) is 2.54. The van der Waals surface area contributed by atoms with Crippen molar-refractivity contribution in [2.45, 2.75) is 51.7 Å². The highest BCUT2D eigenvalue weighted by atomic mass is 16.3. The summed E-state index contributed by atoms with van der Waals surface area (Å²) in [5.41, 5.74) is 2.62. The summed E-state index contributed by atoms with van der Waals surface area (Å²) in [5.74, 6) is 0. The second kappa shape index (κ2) is 6.92. The molecule has 1 atom stereocenters. The minimum atomic E-state index is 0.256. The second-order valence-electron chi connectivity index (χ2n) is 5.69. The van der Waals surface area contributed by atoms with Crippen molar-refractivity contribution in [3.8, 4) is 0 Å². The van der Waals surface area contributed by atoms with Crippen LogP contribution in [0.4, 0.5) is 5.69 Å². The number of para-hydroxylation sites is 1. The van der Waals surface area contributed by atoms with E-state index in [0.717, 1.165) is 19.5 Å². The van der Waals surface area contributed by atoms with Crippen LogP contribution in [0.2, 0.25) is 0 Å². The zero-order valence-electron chi connectivity index (χ0n) is 12.1. The lowest BCUT2D eigenvalue weighted by atomic mass is 10.00. The maximum Gasteiger partial charge on any atom is 0.0635 e. The van der Waals surface area contributed by atoms with Crippen LogP contribution >= 0.6 is 0 Å². The van der Waals surface area contributed by atoms with E-state index in [1.54, 1.807) is 0 Å². The second-order valence-corrected chi connectivity index (χ2v) is 5.69. The molecule has 1 aromatic carbocycles. The largest absolute Gasteiger partial charge is 0.394 e. The Labute approximate surface area is 116 Å². The number of rotatable bonds is 5. The Morgan fingerprint density at radius 3 is 2.84 bits per heavy atom. The van der Waals surface area contributed by atoms with Crippen molar-refractivity contribution in [2.75, 3.05) is 18.1 Å². The molecule has 1 heterocycles. The fourth-order valence-electron chi connectivity index (χ4n) is 2.76. The maximum atomic E-state index is 9.57. The van der Waals surface area contributed by atoms with E-state index < -0.39 is 0 Å². The van der Waals surface area contributed by atoms with E-state index >= 15 is 0 Å². The van der Waals surface area contributed by atoms with E-state index in [4.69, 9.17) is 0 Å². The third-order valence-electron chi connectivity index (χ3n) is 3.84. The van der Waals surface area contributed by atoms with Gasteiger partial charge in [0, 0.05) is 24.8 Å². The molecule has 1 saturated heterocycles. The highest BCUT2D eigenvalue weighted by Gasteiger charge is 2.23. The van der Waals surface area contributed by atoms with Crippen LogP contribution < -0.4 is 10.2 Å². The maximum absolute atomic E-state index is 9.57. The normalized spacial score (nSPS) is 20.0. The molecule has 0 saturated carbocycles. The van der Waals surface area contributed by atoms with Crippen LogP contribution in [-0.2, 0) is 6.54 Å². The number of nitrogens with one attached hydrogen (secondary N) is 1. The van der Waals surface area contributed by atoms with Gasteiger partial charge >= 0.3 is 0 Å². The number of anilines is 1. The standard InChI is InChI=1S/C16H26N2O/c1-13(2)17-11-14-7-3-4-9-16(14)18-10-6-5-8-15(18)12-19/h3-4,7,9,13,15,17,19H,5-6,8,10-12H2,1-2H3. The average Bonchev–Trinajstić information content (AvgIpc) is 2.45. The Morgan fingerprint density at radius 2 is 2.11 bits per heavy atom. The summed E-state index contributed by atoms with van der Waals surface area (Å²) in [5, 5.41) is 13.1. The number of aliphatic hydroxyl groups excluding tert-OH is 1. The van der Waals surface area contributed by atoms with Crippen molar-refractivity contribution in [3.05, 3.63) is 29.8 Å². The molecule has 3 nitrogen and oxygen atoms in total. The number of hydrogen-bond acceptors (Lipinski definition) is 3. The summed E-state index contributed by atoms with van der Waals surface area (Å²) in [6.45, 7) is 6.54. The number of piperidine rings is 1. The molecule has 0 amide bonds. The molecule has 3 heteroatoms. The summed E-state index contributed by atoms with van der Waals surface area (Å²) in [6.07, 6.45) is 3.55. The molecule has 0 radical (unpaired) electrons. The minimum Gasteiger partial charge on any atom is -0.394 e. The first kappa shape index (κ1) is 14.4. The van der Waals surface area contributed by atoms with Crippen molar-refractivity contribution in [1.82, 2.24) is 5.32 Å². The first-order valence-electron chi connectivity index (χ1n) is 7.41. The summed E-state index contributed by atoms with van der Waals surface area (Å²) in [7, 11) is 0. The Balaban J connectivity index is 2.17. The molecule has 0 aliphatic carbocycles. The highest BCUT2D eigenvalue weighted by Crippen LogP contribution is 2.27. The zero-order valence-corrected chi connectivity index (χ0v) is 12.1. The van der Waals surface area contributed by atoms with Gasteiger partial charge < -0.3 is 15.3 Å². The molecule has 106 valence electrons. The van der Waals surface area contributed by atoms with Gasteiger partial charge in [-0.1, -0.05) is 32.0 Å². The van der Waals surface area contributed by atoms with Crippen LogP contribution in [-0.4, -0.2) is 30.3 Å². The average molecular weight is 262 g/mol. The van der Waals surface area contributed by atoms with Gasteiger partial charge in [0.25, 0.3) is 0 Å². The lowest BCUT2D eigenvalue weighted by Crippen LogP contribution is -2.42. The zero-order chi connectivity index (χ0) is 13.7. The molecular weight excluding hydrogens is 236 g/mol. The molecule has 0 aromatic heterocycles. The molecule has 0 bridgehead atoms. The van der Waals surface area contributed by atoms with Crippen molar-refractivity contribution < 1.29 is 5.11 Å². The van der Waals surface area contributed by atoms with Gasteiger partial charge in [0.1, 0.15) is 0 Å². The topological polar surface area (TPSA) is 35.5 Å². The summed E-state index contributed by atoms with van der Waals surface area (Å²) >= 11 is 0. The Hall–Kier alpha value is -1.06. The van der Waals surface area contributed by atoms with Crippen LogP contribution in [0.5, 0.6) is 0 Å². The van der Waals surface area contributed by atoms with Crippen LogP contribution in [0, 0.1) is 0 Å². The van der Waals surface area contributed by atoms with Crippen LogP contribution in [0.15, 0.2) is 24.3 Å². The smallest absolute Gasteiger partial charge is 0.0635 e. The van der Waals surface area contributed by atoms with E-state index in [1.165, 1.54) is 24.1 Å². The molecule has 1 aromatic rings. The Kier molecular flexibility index (Phi) is 5.23. The first-order valence-corrected chi connectivity index (χ1v) is 7.41. The van der Waals surface area contributed by atoms with Crippen molar-refractivity contribution in [2.24, 2.45) is 0 Å². The quantitative estimate of drug-likeness (QED) is 0.856. The molecule has 1 fully saturated rings. The molecule has 1 aliphatic heterocycles. The van der Waals surface area contributed by atoms with Crippen molar-refractivity contribution in [3.63, 3.8) is 0 Å². The van der Waals surface area contributed by atoms with Crippen molar-refractivity contribution in [1.29, 1.82) is 0 Å². The van der Waals surface area contributed by atoms with E-state index in [1.807, 2.05) is 0 Å². The van der Waals surface area contributed by atoms with Gasteiger partial charge in [-0.15, -0.1) is 0 Å². The van der Waals surface area contributed by atoms with Gasteiger partial charge in [0.15, 0.2) is 0 Å². The molecule has 2 rings (SSSR count). The van der Waals surface area contributed by atoms with Gasteiger partial charge in [-0.3, -0.25) is 0 Å².